The number of carbonyl (C=O) groups is 1. The summed E-state index contributed by atoms with van der Waals surface area (Å²) >= 11 is 0. The van der Waals surface area contributed by atoms with E-state index in [0.29, 0.717) is 36.1 Å². The SMILES string of the molecule is CCCCCc1c(CC=C(C)C)c(OC)c(CC=C(C)C)c(O)c1C(=O)[O-].[Li+]. The van der Waals surface area contributed by atoms with Crippen molar-refractivity contribution in [3.05, 3.63) is 45.6 Å². The summed E-state index contributed by atoms with van der Waals surface area (Å²) in [6.45, 7) is 10.0. The van der Waals surface area contributed by atoms with Crippen molar-refractivity contribution in [1.82, 2.24) is 0 Å². The van der Waals surface area contributed by atoms with Gasteiger partial charge in [-0.05, 0) is 58.9 Å². The Balaban J connectivity index is 0.00000729. The molecule has 1 N–H and O–H groups in total. The minimum atomic E-state index is -1.33. The number of aromatic hydroxyl groups is 1. The van der Waals surface area contributed by atoms with Gasteiger partial charge in [0.25, 0.3) is 0 Å². The molecule has 0 radical (unpaired) electrons. The second-order valence-electron chi connectivity index (χ2n) is 7.41. The molecule has 4 nitrogen and oxygen atoms in total. The van der Waals surface area contributed by atoms with Crippen molar-refractivity contribution in [2.24, 2.45) is 0 Å². The van der Waals surface area contributed by atoms with Crippen molar-refractivity contribution in [2.45, 2.75) is 73.1 Å². The number of benzene rings is 1. The molecule has 0 amide bonds. The molecule has 0 saturated heterocycles. The molecule has 0 unspecified atom stereocenters. The minimum Gasteiger partial charge on any atom is -0.545 e. The number of aromatic carboxylic acids is 1. The average Bonchev–Trinajstić information content (AvgIpc) is 2.58. The number of carboxylic acids is 1. The predicted molar refractivity (Wildman–Crippen MR) is 108 cm³/mol. The Morgan fingerprint density at radius 1 is 1.00 bits per heavy atom. The van der Waals surface area contributed by atoms with Crippen LogP contribution in [0.2, 0.25) is 0 Å². The molecule has 0 fully saturated rings. The molecule has 0 aliphatic carbocycles. The van der Waals surface area contributed by atoms with Gasteiger partial charge in [0, 0.05) is 16.7 Å². The second-order valence-corrected chi connectivity index (χ2v) is 7.41. The van der Waals surface area contributed by atoms with Crippen LogP contribution in [0, 0.1) is 0 Å². The normalized spacial score (nSPS) is 10.1. The van der Waals surface area contributed by atoms with E-state index in [1.165, 1.54) is 0 Å². The summed E-state index contributed by atoms with van der Waals surface area (Å²) in [6, 6.07) is 0. The van der Waals surface area contributed by atoms with Gasteiger partial charge >= 0.3 is 18.9 Å². The molecular weight excluding hydrogens is 347 g/mol. The first-order valence-electron chi connectivity index (χ1n) is 9.66. The van der Waals surface area contributed by atoms with E-state index in [-0.39, 0.29) is 30.2 Å². The van der Waals surface area contributed by atoms with Crippen LogP contribution in [0.5, 0.6) is 11.5 Å². The Bertz CT molecular complexity index is 725. The summed E-state index contributed by atoms with van der Waals surface area (Å²) in [6.07, 6.45) is 8.46. The Labute approximate surface area is 181 Å². The van der Waals surface area contributed by atoms with Gasteiger partial charge in [0.15, 0.2) is 0 Å². The van der Waals surface area contributed by atoms with Gasteiger partial charge in [-0.2, -0.15) is 0 Å². The first kappa shape index (κ1) is 26.4. The summed E-state index contributed by atoms with van der Waals surface area (Å²) in [7, 11) is 1.57. The molecule has 1 rings (SSSR count). The van der Waals surface area contributed by atoms with E-state index >= 15 is 0 Å². The Kier molecular flexibility index (Phi) is 12.0. The van der Waals surface area contributed by atoms with Crippen LogP contribution in [0.1, 0.15) is 80.9 Å². The topological polar surface area (TPSA) is 69.6 Å². The Morgan fingerprint density at radius 2 is 1.54 bits per heavy atom. The van der Waals surface area contributed by atoms with Crippen LogP contribution in [-0.4, -0.2) is 18.2 Å². The van der Waals surface area contributed by atoms with Crippen LogP contribution in [0.15, 0.2) is 23.3 Å². The zero-order chi connectivity index (χ0) is 20.6. The van der Waals surface area contributed by atoms with E-state index in [0.717, 1.165) is 36.0 Å². The van der Waals surface area contributed by atoms with E-state index in [9.17, 15) is 15.0 Å². The van der Waals surface area contributed by atoms with Gasteiger partial charge in [-0.1, -0.05) is 43.1 Å². The maximum atomic E-state index is 11.9. The maximum Gasteiger partial charge on any atom is 1.00 e. The van der Waals surface area contributed by atoms with Crippen molar-refractivity contribution >= 4 is 5.97 Å². The first-order valence-corrected chi connectivity index (χ1v) is 9.66. The quantitative estimate of drug-likeness (QED) is 0.380. The third kappa shape index (κ3) is 7.07. The number of phenols is 1. The van der Waals surface area contributed by atoms with Crippen LogP contribution in [0.3, 0.4) is 0 Å². The molecule has 0 spiro atoms. The van der Waals surface area contributed by atoms with Crippen LogP contribution in [0.25, 0.3) is 0 Å². The van der Waals surface area contributed by atoms with Gasteiger partial charge in [0.1, 0.15) is 11.5 Å². The first-order chi connectivity index (χ1) is 12.7. The van der Waals surface area contributed by atoms with E-state index in [1.807, 2.05) is 33.8 Å². The van der Waals surface area contributed by atoms with Gasteiger partial charge in [-0.3, -0.25) is 0 Å². The monoisotopic (exact) mass is 380 g/mol. The summed E-state index contributed by atoms with van der Waals surface area (Å²) in [5, 5.41) is 22.7. The van der Waals surface area contributed by atoms with E-state index in [1.54, 1.807) is 7.11 Å². The van der Waals surface area contributed by atoms with Crippen molar-refractivity contribution in [1.29, 1.82) is 0 Å². The van der Waals surface area contributed by atoms with Gasteiger partial charge in [-0.15, -0.1) is 0 Å². The molecule has 0 aromatic heterocycles. The van der Waals surface area contributed by atoms with E-state index in [4.69, 9.17) is 4.74 Å². The van der Waals surface area contributed by atoms with Crippen LogP contribution < -0.4 is 28.7 Å². The number of unbranched alkanes of at least 4 members (excludes halogenated alkanes) is 2. The predicted octanol–water partition coefficient (Wildman–Crippen LogP) is 1.52. The fourth-order valence-corrected chi connectivity index (χ4v) is 3.18. The molecule has 5 heteroatoms. The Hall–Kier alpha value is -1.63. The third-order valence-corrected chi connectivity index (χ3v) is 4.60. The number of carboxylic acid groups (broad SMARTS) is 1. The molecule has 0 saturated carbocycles. The van der Waals surface area contributed by atoms with Crippen LogP contribution in [0.4, 0.5) is 0 Å². The third-order valence-electron chi connectivity index (χ3n) is 4.60. The van der Waals surface area contributed by atoms with Crippen molar-refractivity contribution in [3.8, 4) is 11.5 Å². The second kappa shape index (κ2) is 12.8. The van der Waals surface area contributed by atoms with Crippen LogP contribution in [-0.2, 0) is 19.3 Å². The summed E-state index contributed by atoms with van der Waals surface area (Å²) in [5.74, 6) is -0.977. The average molecular weight is 380 g/mol. The number of allylic oxidation sites excluding steroid dienone is 4. The number of hydrogen-bond acceptors (Lipinski definition) is 4. The maximum absolute atomic E-state index is 11.9. The molecule has 1 aromatic rings. The number of rotatable bonds is 10. The fraction of sp³-hybridized carbons (Fsp3) is 0.522. The standard InChI is InChI=1S/C23H34O4.Li/c1-7-8-9-10-17-18(13-11-15(2)3)22(27-6)19(14-12-16(4)5)21(24)20(17)23(25)26;/h11-12,24H,7-10,13-14H2,1-6H3,(H,25,26);/q;+1/p-1. The van der Waals surface area contributed by atoms with Crippen LogP contribution >= 0.6 is 0 Å². The van der Waals surface area contributed by atoms with E-state index < -0.39 is 5.97 Å². The largest absolute Gasteiger partial charge is 1.00 e. The van der Waals surface area contributed by atoms with Gasteiger partial charge in [-0.25, -0.2) is 0 Å². The van der Waals surface area contributed by atoms with E-state index in [2.05, 4.69) is 13.0 Å². The molecule has 0 aliphatic heterocycles. The number of methoxy groups -OCH3 is 1. The van der Waals surface area contributed by atoms with Gasteiger partial charge < -0.3 is 19.7 Å². The summed E-state index contributed by atoms with van der Waals surface area (Å²) < 4.78 is 5.67. The minimum absolute atomic E-state index is 0. The smallest absolute Gasteiger partial charge is 0.545 e. The fourth-order valence-electron chi connectivity index (χ4n) is 3.18. The molecule has 0 bridgehead atoms. The zero-order valence-corrected chi connectivity index (χ0v) is 18.6. The number of carbonyl (C=O) groups excluding carboxylic acids is 1. The Morgan fingerprint density at radius 3 is 1.96 bits per heavy atom. The zero-order valence-electron chi connectivity index (χ0n) is 18.6. The molecule has 1 aromatic carbocycles. The molecule has 0 atom stereocenters. The summed E-state index contributed by atoms with van der Waals surface area (Å²) in [4.78, 5) is 11.9. The van der Waals surface area contributed by atoms with Crippen molar-refractivity contribution < 1.29 is 38.6 Å². The van der Waals surface area contributed by atoms with Crippen molar-refractivity contribution in [3.63, 3.8) is 0 Å². The molecule has 0 heterocycles. The van der Waals surface area contributed by atoms with Gasteiger partial charge in [0.05, 0.1) is 13.1 Å². The summed E-state index contributed by atoms with van der Waals surface area (Å²) in [5.41, 5.74) is 4.13. The molecule has 150 valence electrons. The van der Waals surface area contributed by atoms with Crippen molar-refractivity contribution in [2.75, 3.05) is 7.11 Å². The molecular formula is C23H33LiO4. The number of hydrogen-bond donors (Lipinski definition) is 1. The molecule has 0 aliphatic rings. The molecule has 28 heavy (non-hydrogen) atoms. The van der Waals surface area contributed by atoms with Gasteiger partial charge in [0.2, 0.25) is 0 Å². The number of ether oxygens (including phenoxy) is 1.